The molecule has 2 atom stereocenters. The Morgan fingerprint density at radius 2 is 2.00 bits per heavy atom. The zero-order valence-corrected chi connectivity index (χ0v) is 22.4. The van der Waals surface area contributed by atoms with E-state index in [1.807, 2.05) is 0 Å². The number of hydrogen-bond donors (Lipinski definition) is 3. The molecule has 4 rings (SSSR count). The Labute approximate surface area is 206 Å². The third-order valence-electron chi connectivity index (χ3n) is 6.15. The topological polar surface area (TPSA) is 137 Å². The molecule has 0 spiro atoms. The quantitative estimate of drug-likeness (QED) is 0.442. The first-order chi connectivity index (χ1) is 16.2. The van der Waals surface area contributed by atoms with E-state index in [4.69, 9.17) is 4.52 Å². The molecule has 0 aromatic heterocycles. The number of aliphatic hydroxyl groups is 1. The summed E-state index contributed by atoms with van der Waals surface area (Å²) in [4.78, 5) is 15.3. The third kappa shape index (κ3) is 5.42. The number of amides is 1. The number of aliphatic hydroxyl groups excluding tert-OH is 1. The second kappa shape index (κ2) is 8.94. The molecule has 0 radical (unpaired) electrons. The number of amidine groups is 1. The fourth-order valence-electron chi connectivity index (χ4n) is 4.36. The van der Waals surface area contributed by atoms with Gasteiger partial charge >= 0.3 is 7.52 Å². The smallest absolute Gasteiger partial charge is 0.348 e. The van der Waals surface area contributed by atoms with Crippen LogP contribution in [-0.2, 0) is 23.9 Å². The molecule has 192 valence electrons. The van der Waals surface area contributed by atoms with E-state index < -0.39 is 23.6 Å². The summed E-state index contributed by atoms with van der Waals surface area (Å²) in [5, 5.41) is 14.4. The van der Waals surface area contributed by atoms with Gasteiger partial charge in [-0.1, -0.05) is 20.8 Å². The van der Waals surface area contributed by atoms with Gasteiger partial charge in [0.2, 0.25) is 10.0 Å². The molecular formula is C23H33N4O6PS. The third-order valence-corrected chi connectivity index (χ3v) is 8.81. The van der Waals surface area contributed by atoms with Gasteiger partial charge < -0.3 is 19.8 Å². The summed E-state index contributed by atoms with van der Waals surface area (Å²) < 4.78 is 49.4. The van der Waals surface area contributed by atoms with Gasteiger partial charge in [-0.25, -0.2) is 8.42 Å². The Balaban J connectivity index is 1.73. The van der Waals surface area contributed by atoms with Crippen molar-refractivity contribution in [2.75, 3.05) is 29.4 Å². The molecule has 1 amide bonds. The van der Waals surface area contributed by atoms with Crippen LogP contribution in [0.15, 0.2) is 34.3 Å². The van der Waals surface area contributed by atoms with Crippen LogP contribution in [0, 0.1) is 11.3 Å². The van der Waals surface area contributed by atoms with E-state index in [1.165, 1.54) is 12.1 Å². The van der Waals surface area contributed by atoms with Crippen molar-refractivity contribution in [3.63, 3.8) is 0 Å². The van der Waals surface area contributed by atoms with Crippen LogP contribution in [0.1, 0.15) is 47.0 Å². The van der Waals surface area contributed by atoms with Crippen LogP contribution >= 0.6 is 7.52 Å². The predicted molar refractivity (Wildman–Crippen MR) is 137 cm³/mol. The highest BCUT2D eigenvalue weighted by molar-refractivity contribution is 7.92. The lowest BCUT2D eigenvalue weighted by atomic mass is 9.92. The Morgan fingerprint density at radius 3 is 2.57 bits per heavy atom. The first-order valence-electron chi connectivity index (χ1n) is 11.7. The molecule has 2 aliphatic heterocycles. The maximum Gasteiger partial charge on any atom is 0.348 e. The summed E-state index contributed by atoms with van der Waals surface area (Å²) >= 11 is 0. The van der Waals surface area contributed by atoms with E-state index in [9.17, 15) is 22.9 Å². The van der Waals surface area contributed by atoms with E-state index in [0.717, 1.165) is 25.5 Å². The summed E-state index contributed by atoms with van der Waals surface area (Å²) in [5.41, 5.74) is 0.608. The number of sulfonamides is 1. The lowest BCUT2D eigenvalue weighted by Crippen LogP contribution is -2.40. The predicted octanol–water partition coefficient (Wildman–Crippen LogP) is 3.61. The molecule has 1 fully saturated rings. The largest absolute Gasteiger partial charge is 0.509 e. The summed E-state index contributed by atoms with van der Waals surface area (Å²) in [6, 6.07) is 4.06. The number of nitrogens with one attached hydrogen (secondary N) is 2. The zero-order chi connectivity index (χ0) is 25.8. The van der Waals surface area contributed by atoms with Crippen LogP contribution in [-0.4, -0.2) is 55.6 Å². The second-order valence-corrected chi connectivity index (χ2v) is 14.2. The van der Waals surface area contributed by atoms with Crippen molar-refractivity contribution >= 4 is 46.0 Å². The van der Waals surface area contributed by atoms with Crippen molar-refractivity contribution in [1.82, 2.24) is 4.90 Å². The van der Waals surface area contributed by atoms with E-state index in [1.54, 1.807) is 17.9 Å². The molecule has 1 aromatic carbocycles. The normalized spacial score (nSPS) is 24.8. The number of nitrogens with zero attached hydrogens (tertiary/aromatic N) is 2. The standard InChI is InChI=1S/C23H33N4O6PS/c1-6-33-34(30)17-13-15(26-35(5,31)32)9-10-16(17)24-21(25-34)18-20(28)19(14-7-8-14)27(22(18)29)12-11-23(2,3)4/h9-10,13-14,19,26,28H,6-8,11-12H2,1-5H3,(H,24,25,30). The van der Waals surface area contributed by atoms with Crippen LogP contribution < -0.4 is 15.3 Å². The zero-order valence-electron chi connectivity index (χ0n) is 20.7. The number of anilines is 2. The molecule has 1 aromatic rings. The van der Waals surface area contributed by atoms with E-state index in [2.05, 4.69) is 35.6 Å². The number of carbonyl (C=O) groups is 1. The highest BCUT2D eigenvalue weighted by Gasteiger charge is 2.50. The molecule has 10 nitrogen and oxygen atoms in total. The molecule has 35 heavy (non-hydrogen) atoms. The van der Waals surface area contributed by atoms with Gasteiger partial charge in [0.1, 0.15) is 11.3 Å². The maximum absolute atomic E-state index is 13.9. The van der Waals surface area contributed by atoms with Crippen LogP contribution in [0.5, 0.6) is 0 Å². The lowest BCUT2D eigenvalue weighted by molar-refractivity contribution is -0.127. The van der Waals surface area contributed by atoms with Crippen LogP contribution in [0.4, 0.5) is 11.4 Å². The average Bonchev–Trinajstić information content (AvgIpc) is 3.51. The summed E-state index contributed by atoms with van der Waals surface area (Å²) in [6.07, 6.45) is 3.64. The lowest BCUT2D eigenvalue weighted by Gasteiger charge is -2.29. The van der Waals surface area contributed by atoms with Crippen LogP contribution in [0.25, 0.3) is 0 Å². The number of benzene rings is 1. The molecule has 3 N–H and O–H groups in total. The molecule has 12 heteroatoms. The van der Waals surface area contributed by atoms with Gasteiger partial charge in [-0.3, -0.25) is 14.1 Å². The highest BCUT2D eigenvalue weighted by atomic mass is 32.2. The highest BCUT2D eigenvalue weighted by Crippen LogP contribution is 2.53. The fourth-order valence-corrected chi connectivity index (χ4v) is 6.72. The van der Waals surface area contributed by atoms with Gasteiger partial charge in [0.15, 0.2) is 5.84 Å². The van der Waals surface area contributed by atoms with Crippen molar-refractivity contribution < 1.29 is 27.4 Å². The maximum atomic E-state index is 13.9. The van der Waals surface area contributed by atoms with Gasteiger partial charge in [-0.15, -0.1) is 0 Å². The number of carbonyl (C=O) groups excluding carboxylic acids is 1. The van der Waals surface area contributed by atoms with Gasteiger partial charge in [0.25, 0.3) is 5.91 Å². The first-order valence-corrected chi connectivity index (χ1v) is 15.2. The van der Waals surface area contributed by atoms with Gasteiger partial charge in [-0.05, 0) is 55.7 Å². The molecule has 1 aliphatic carbocycles. The number of rotatable bonds is 8. The Bertz CT molecular complexity index is 1260. The monoisotopic (exact) mass is 524 g/mol. The van der Waals surface area contributed by atoms with Crippen molar-refractivity contribution in [1.29, 1.82) is 0 Å². The van der Waals surface area contributed by atoms with Crippen LogP contribution in [0.2, 0.25) is 0 Å². The average molecular weight is 525 g/mol. The SMILES string of the molecule is CCOP1(=O)N=C(C2=C(O)C(C3CC3)N(CCC(C)(C)C)C2=O)Nc2ccc(NS(C)(=O)=O)cc21. The van der Waals surface area contributed by atoms with E-state index >= 15 is 0 Å². The van der Waals surface area contributed by atoms with Gasteiger partial charge in [-0.2, -0.15) is 4.76 Å². The second-order valence-electron chi connectivity index (χ2n) is 10.5. The Hall–Kier alpha value is -2.36. The molecular weight excluding hydrogens is 491 g/mol. The minimum absolute atomic E-state index is 0.00418. The van der Waals surface area contributed by atoms with Gasteiger partial charge in [0.05, 0.1) is 29.9 Å². The minimum atomic E-state index is -3.87. The molecule has 0 saturated heterocycles. The van der Waals surface area contributed by atoms with E-state index in [0.29, 0.717) is 12.2 Å². The van der Waals surface area contributed by atoms with Crippen molar-refractivity contribution in [3.05, 3.63) is 29.5 Å². The number of hydrogen-bond acceptors (Lipinski definition) is 7. The summed E-state index contributed by atoms with van der Waals surface area (Å²) in [6.45, 7) is 8.54. The summed E-state index contributed by atoms with van der Waals surface area (Å²) in [7, 11) is -7.42. The fraction of sp³-hybridized carbons (Fsp3) is 0.565. The van der Waals surface area contributed by atoms with E-state index in [-0.39, 0.29) is 52.0 Å². The molecule has 1 saturated carbocycles. The summed E-state index contributed by atoms with van der Waals surface area (Å²) in [5.74, 6) is -0.211. The van der Waals surface area contributed by atoms with Gasteiger partial charge in [0, 0.05) is 12.2 Å². The first kappa shape index (κ1) is 25.7. The minimum Gasteiger partial charge on any atom is -0.509 e. The molecule has 2 heterocycles. The van der Waals surface area contributed by atoms with Crippen molar-refractivity contribution in [2.45, 2.75) is 53.0 Å². The Kier molecular flexibility index (Phi) is 6.57. The number of fused-ring (bicyclic) bond motifs is 1. The molecule has 3 aliphatic rings. The van der Waals surface area contributed by atoms with Crippen LogP contribution in [0.3, 0.4) is 0 Å². The van der Waals surface area contributed by atoms with Crippen molar-refractivity contribution in [2.24, 2.45) is 16.1 Å². The molecule has 0 bridgehead atoms. The Morgan fingerprint density at radius 1 is 1.31 bits per heavy atom. The van der Waals surface area contributed by atoms with Crippen molar-refractivity contribution in [3.8, 4) is 0 Å². The molecule has 2 unspecified atom stereocenters.